The van der Waals surface area contributed by atoms with Crippen molar-refractivity contribution in [3.63, 3.8) is 0 Å². The molecule has 2 saturated heterocycles. The van der Waals surface area contributed by atoms with Gasteiger partial charge < -0.3 is 9.80 Å². The first-order chi connectivity index (χ1) is 9.56. The van der Waals surface area contributed by atoms with Crippen molar-refractivity contribution >= 4 is 5.91 Å². The molecule has 3 heteroatoms. The van der Waals surface area contributed by atoms with Gasteiger partial charge in [-0.1, -0.05) is 33.6 Å². The first kappa shape index (κ1) is 15.8. The van der Waals surface area contributed by atoms with Crippen molar-refractivity contribution in [2.75, 3.05) is 26.2 Å². The topological polar surface area (TPSA) is 23.6 Å². The van der Waals surface area contributed by atoms with Gasteiger partial charge in [0.1, 0.15) is 0 Å². The predicted octanol–water partition coefficient (Wildman–Crippen LogP) is 3.15. The summed E-state index contributed by atoms with van der Waals surface area (Å²) in [6.07, 6.45) is 5.89. The summed E-state index contributed by atoms with van der Waals surface area (Å²) in [6.45, 7) is 13.3. The maximum absolute atomic E-state index is 12.6. The van der Waals surface area contributed by atoms with Gasteiger partial charge in [0.2, 0.25) is 5.91 Å². The van der Waals surface area contributed by atoms with Crippen LogP contribution in [0, 0.1) is 11.3 Å². The van der Waals surface area contributed by atoms with Gasteiger partial charge in [-0.25, -0.2) is 0 Å². The molecule has 3 nitrogen and oxygen atoms in total. The maximum atomic E-state index is 12.6. The number of carbonyl (C=O) groups is 1. The molecule has 2 atom stereocenters. The van der Waals surface area contributed by atoms with Crippen molar-refractivity contribution in [1.82, 2.24) is 9.80 Å². The average Bonchev–Trinajstić information content (AvgIpc) is 2.49. The Bertz CT molecular complexity index is 340. The number of hydrogen-bond donors (Lipinski definition) is 0. The lowest BCUT2D eigenvalue weighted by molar-refractivity contribution is -0.170. The Hall–Kier alpha value is -0.570. The van der Waals surface area contributed by atoms with Crippen LogP contribution in [0.2, 0.25) is 0 Å². The van der Waals surface area contributed by atoms with Crippen LogP contribution in [-0.4, -0.2) is 47.9 Å². The Morgan fingerprint density at radius 3 is 2.40 bits per heavy atom. The molecule has 1 amide bonds. The molecule has 2 heterocycles. The third-order valence-corrected chi connectivity index (χ3v) is 5.64. The fraction of sp³-hybridized carbons (Fsp3) is 0.941. The summed E-state index contributed by atoms with van der Waals surface area (Å²) >= 11 is 0. The average molecular weight is 280 g/mol. The number of likely N-dealkylation sites (tertiary alicyclic amines) is 2. The molecule has 116 valence electrons. The van der Waals surface area contributed by atoms with Crippen molar-refractivity contribution in [3.05, 3.63) is 0 Å². The molecule has 0 aromatic carbocycles. The van der Waals surface area contributed by atoms with Gasteiger partial charge in [-0.15, -0.1) is 0 Å². The van der Waals surface area contributed by atoms with Gasteiger partial charge in [-0.05, 0) is 38.6 Å². The Morgan fingerprint density at radius 2 is 1.85 bits per heavy atom. The molecular weight excluding hydrogens is 248 g/mol. The molecule has 2 rings (SSSR count). The molecule has 2 aliphatic rings. The van der Waals surface area contributed by atoms with E-state index >= 15 is 0 Å². The maximum Gasteiger partial charge on any atom is 0.232 e. The molecule has 0 aromatic rings. The van der Waals surface area contributed by atoms with E-state index in [2.05, 4.69) is 37.5 Å². The minimum absolute atomic E-state index is 0.0201. The number of amides is 1. The van der Waals surface area contributed by atoms with Gasteiger partial charge in [-0.2, -0.15) is 0 Å². The lowest BCUT2D eigenvalue weighted by Crippen LogP contribution is -2.68. The van der Waals surface area contributed by atoms with E-state index in [-0.39, 0.29) is 5.41 Å². The lowest BCUT2D eigenvalue weighted by atomic mass is 9.71. The van der Waals surface area contributed by atoms with E-state index < -0.39 is 0 Å². The van der Waals surface area contributed by atoms with Crippen molar-refractivity contribution in [2.24, 2.45) is 11.3 Å². The van der Waals surface area contributed by atoms with Gasteiger partial charge in [0.15, 0.2) is 0 Å². The SMILES string of the molecule is CCC(CC)CN1CCC[C@@]2(C1)CN([C@@H](C)CC)C2=O. The van der Waals surface area contributed by atoms with Gasteiger partial charge in [0.05, 0.1) is 5.41 Å². The van der Waals surface area contributed by atoms with E-state index in [1.54, 1.807) is 0 Å². The van der Waals surface area contributed by atoms with Gasteiger partial charge >= 0.3 is 0 Å². The number of β-lactam (4-membered cyclic amide) rings is 1. The number of rotatable bonds is 6. The molecule has 1 spiro atoms. The van der Waals surface area contributed by atoms with Crippen LogP contribution in [0.5, 0.6) is 0 Å². The molecule has 2 fully saturated rings. The summed E-state index contributed by atoms with van der Waals surface area (Å²) in [5.41, 5.74) is -0.0201. The first-order valence-corrected chi connectivity index (χ1v) is 8.59. The summed E-state index contributed by atoms with van der Waals surface area (Å²) < 4.78 is 0. The standard InChI is InChI=1S/C17H32N2O/c1-5-14(4)19-13-17(16(19)20)9-8-10-18(12-17)11-15(6-2)7-3/h14-15H,5-13H2,1-4H3/t14-,17+/m0/s1. The Morgan fingerprint density at radius 1 is 1.15 bits per heavy atom. The zero-order valence-corrected chi connectivity index (χ0v) is 13.8. The van der Waals surface area contributed by atoms with Crippen LogP contribution in [0.25, 0.3) is 0 Å². The quantitative estimate of drug-likeness (QED) is 0.698. The van der Waals surface area contributed by atoms with Crippen molar-refractivity contribution in [1.29, 1.82) is 0 Å². The summed E-state index contributed by atoms with van der Waals surface area (Å²) in [4.78, 5) is 17.3. The van der Waals surface area contributed by atoms with Gasteiger partial charge in [0.25, 0.3) is 0 Å². The number of piperidine rings is 1. The predicted molar refractivity (Wildman–Crippen MR) is 83.6 cm³/mol. The smallest absolute Gasteiger partial charge is 0.232 e. The van der Waals surface area contributed by atoms with Crippen molar-refractivity contribution < 1.29 is 4.79 Å². The van der Waals surface area contributed by atoms with E-state index in [4.69, 9.17) is 0 Å². The molecule has 0 aromatic heterocycles. The molecule has 0 aliphatic carbocycles. The minimum Gasteiger partial charge on any atom is -0.338 e. The third kappa shape index (κ3) is 2.88. The Kier molecular flexibility index (Phi) is 5.11. The highest BCUT2D eigenvalue weighted by Gasteiger charge is 2.54. The fourth-order valence-electron chi connectivity index (χ4n) is 3.85. The van der Waals surface area contributed by atoms with Crippen molar-refractivity contribution in [2.45, 2.75) is 65.8 Å². The lowest BCUT2D eigenvalue weighted by Gasteiger charge is -2.55. The summed E-state index contributed by atoms with van der Waals surface area (Å²) in [7, 11) is 0. The number of carbonyl (C=O) groups excluding carboxylic acids is 1. The van der Waals surface area contributed by atoms with Crippen LogP contribution < -0.4 is 0 Å². The molecule has 0 bridgehead atoms. The summed E-state index contributed by atoms with van der Waals surface area (Å²) in [6, 6.07) is 0.419. The second-order valence-electron chi connectivity index (χ2n) is 6.99. The zero-order valence-electron chi connectivity index (χ0n) is 13.8. The molecule has 0 radical (unpaired) electrons. The summed E-state index contributed by atoms with van der Waals surface area (Å²) in [5, 5.41) is 0. The Balaban J connectivity index is 1.93. The molecule has 0 unspecified atom stereocenters. The van der Waals surface area contributed by atoms with E-state index in [9.17, 15) is 4.79 Å². The fourth-order valence-corrected chi connectivity index (χ4v) is 3.85. The Labute approximate surface area is 124 Å². The highest BCUT2D eigenvalue weighted by atomic mass is 16.2. The first-order valence-electron chi connectivity index (χ1n) is 8.59. The largest absolute Gasteiger partial charge is 0.338 e. The molecule has 2 aliphatic heterocycles. The molecule has 0 saturated carbocycles. The normalized spacial score (nSPS) is 29.1. The van der Waals surface area contributed by atoms with Gasteiger partial charge in [-0.3, -0.25) is 4.79 Å². The molecule has 20 heavy (non-hydrogen) atoms. The van der Waals surface area contributed by atoms with Crippen LogP contribution >= 0.6 is 0 Å². The van der Waals surface area contributed by atoms with E-state index in [0.29, 0.717) is 11.9 Å². The van der Waals surface area contributed by atoms with E-state index in [0.717, 1.165) is 31.8 Å². The number of hydrogen-bond acceptors (Lipinski definition) is 2. The van der Waals surface area contributed by atoms with Crippen LogP contribution in [0.4, 0.5) is 0 Å². The number of nitrogens with zero attached hydrogens (tertiary/aromatic N) is 2. The van der Waals surface area contributed by atoms with Gasteiger partial charge in [0, 0.05) is 25.7 Å². The van der Waals surface area contributed by atoms with E-state index in [1.165, 1.54) is 32.4 Å². The second-order valence-corrected chi connectivity index (χ2v) is 6.99. The second kappa shape index (κ2) is 6.46. The van der Waals surface area contributed by atoms with Crippen LogP contribution in [0.3, 0.4) is 0 Å². The highest BCUT2D eigenvalue weighted by Crippen LogP contribution is 2.41. The van der Waals surface area contributed by atoms with E-state index in [1.807, 2.05) is 0 Å². The highest BCUT2D eigenvalue weighted by molar-refractivity contribution is 5.89. The van der Waals surface area contributed by atoms with Crippen molar-refractivity contribution in [3.8, 4) is 0 Å². The minimum atomic E-state index is -0.0201. The molecule has 0 N–H and O–H groups in total. The third-order valence-electron chi connectivity index (χ3n) is 5.64. The van der Waals surface area contributed by atoms with Crippen LogP contribution in [-0.2, 0) is 4.79 Å². The van der Waals surface area contributed by atoms with Crippen LogP contribution in [0.1, 0.15) is 59.8 Å². The summed E-state index contributed by atoms with van der Waals surface area (Å²) in [5.74, 6) is 1.23. The monoisotopic (exact) mass is 280 g/mol. The molecular formula is C17H32N2O. The van der Waals surface area contributed by atoms with Crippen LogP contribution in [0.15, 0.2) is 0 Å². The zero-order chi connectivity index (χ0) is 14.8.